The van der Waals surface area contributed by atoms with Crippen LogP contribution in [0.5, 0.6) is 0 Å². The highest BCUT2D eigenvalue weighted by Crippen LogP contribution is 2.13. The van der Waals surface area contributed by atoms with Crippen molar-refractivity contribution in [1.29, 1.82) is 0 Å². The highest BCUT2D eigenvalue weighted by atomic mass is 32.2. The predicted molar refractivity (Wildman–Crippen MR) is 67.6 cm³/mol. The van der Waals surface area contributed by atoms with Gasteiger partial charge in [0.15, 0.2) is 5.78 Å². The molecule has 94 valence electrons. The molecule has 4 heteroatoms. The Labute approximate surface area is 102 Å². The molecule has 1 unspecified atom stereocenters. The van der Waals surface area contributed by atoms with Crippen molar-refractivity contribution in [1.82, 2.24) is 0 Å². The summed E-state index contributed by atoms with van der Waals surface area (Å²) in [5.74, 6) is 0.280. The van der Waals surface area contributed by atoms with Crippen molar-refractivity contribution in [3.8, 4) is 0 Å². The van der Waals surface area contributed by atoms with Crippen LogP contribution in [0.4, 0.5) is 0 Å². The highest BCUT2D eigenvalue weighted by Gasteiger charge is 2.12. The van der Waals surface area contributed by atoms with Crippen LogP contribution in [0.25, 0.3) is 0 Å². The second-order valence-corrected chi connectivity index (χ2v) is 5.75. The molecule has 0 aliphatic heterocycles. The first kappa shape index (κ1) is 15.5. The monoisotopic (exact) mass is 246 g/mol. The number of esters is 1. The quantitative estimate of drug-likeness (QED) is 0.488. The standard InChI is InChI=1S/C12H22O3S/c1-5-10(4)16-8-11(13)6-12(14)15-7-9(2)3/h9-10H,5-8H2,1-4H3. The van der Waals surface area contributed by atoms with Crippen LogP contribution >= 0.6 is 11.8 Å². The molecule has 0 fully saturated rings. The molecule has 0 aromatic rings. The molecule has 0 aliphatic carbocycles. The van der Waals surface area contributed by atoms with Crippen LogP contribution in [0, 0.1) is 5.92 Å². The third-order valence-corrected chi connectivity index (χ3v) is 3.41. The summed E-state index contributed by atoms with van der Waals surface area (Å²) in [6.45, 7) is 8.49. The number of thioether (sulfide) groups is 1. The number of hydrogen-bond acceptors (Lipinski definition) is 4. The number of ketones is 1. The zero-order chi connectivity index (χ0) is 12.6. The van der Waals surface area contributed by atoms with E-state index in [1.807, 2.05) is 13.8 Å². The largest absolute Gasteiger partial charge is 0.465 e. The first-order valence-corrected chi connectivity index (χ1v) is 6.79. The van der Waals surface area contributed by atoms with Crippen LogP contribution in [0.2, 0.25) is 0 Å². The molecule has 0 N–H and O–H groups in total. The van der Waals surface area contributed by atoms with Crippen LogP contribution < -0.4 is 0 Å². The van der Waals surface area contributed by atoms with Gasteiger partial charge in [0.25, 0.3) is 0 Å². The van der Waals surface area contributed by atoms with Gasteiger partial charge in [-0.3, -0.25) is 9.59 Å². The minimum Gasteiger partial charge on any atom is -0.465 e. The summed E-state index contributed by atoms with van der Waals surface area (Å²) in [7, 11) is 0. The second-order valence-electron chi connectivity index (χ2n) is 4.32. The van der Waals surface area contributed by atoms with E-state index in [0.29, 0.717) is 23.5 Å². The molecule has 0 radical (unpaired) electrons. The van der Waals surface area contributed by atoms with Crippen LogP contribution in [-0.2, 0) is 14.3 Å². The molecule has 3 nitrogen and oxygen atoms in total. The van der Waals surface area contributed by atoms with Gasteiger partial charge in [0.05, 0.1) is 12.4 Å². The van der Waals surface area contributed by atoms with E-state index in [1.54, 1.807) is 11.8 Å². The van der Waals surface area contributed by atoms with Gasteiger partial charge in [0, 0.05) is 5.25 Å². The fourth-order valence-electron chi connectivity index (χ4n) is 0.876. The van der Waals surface area contributed by atoms with Crippen molar-refractivity contribution in [2.75, 3.05) is 12.4 Å². The van der Waals surface area contributed by atoms with Crippen LogP contribution in [0.3, 0.4) is 0 Å². The third kappa shape index (κ3) is 8.77. The Bertz CT molecular complexity index is 226. The molecule has 0 aromatic carbocycles. The van der Waals surface area contributed by atoms with Gasteiger partial charge in [0.2, 0.25) is 0 Å². The molecule has 0 rings (SSSR count). The molecule has 0 amide bonds. The third-order valence-electron chi connectivity index (χ3n) is 2.02. The van der Waals surface area contributed by atoms with Gasteiger partial charge in [-0.1, -0.05) is 27.7 Å². The zero-order valence-corrected chi connectivity index (χ0v) is 11.4. The first-order valence-electron chi connectivity index (χ1n) is 5.74. The normalized spacial score (nSPS) is 12.6. The number of hydrogen-bond donors (Lipinski definition) is 0. The van der Waals surface area contributed by atoms with Gasteiger partial charge in [-0.25, -0.2) is 0 Å². The zero-order valence-electron chi connectivity index (χ0n) is 10.6. The van der Waals surface area contributed by atoms with Gasteiger partial charge in [-0.05, 0) is 12.3 Å². The number of Topliss-reactive ketones (excluding diaryl/α,β-unsaturated/α-hetero) is 1. The molecular weight excluding hydrogens is 224 g/mol. The Morgan fingerprint density at radius 3 is 2.38 bits per heavy atom. The Morgan fingerprint density at radius 1 is 1.25 bits per heavy atom. The van der Waals surface area contributed by atoms with Gasteiger partial charge in [-0.2, -0.15) is 11.8 Å². The highest BCUT2D eigenvalue weighted by molar-refractivity contribution is 8.00. The lowest BCUT2D eigenvalue weighted by molar-refractivity contribution is -0.146. The molecule has 0 saturated carbocycles. The van der Waals surface area contributed by atoms with Gasteiger partial charge in [-0.15, -0.1) is 0 Å². The van der Waals surface area contributed by atoms with Crippen molar-refractivity contribution in [2.45, 2.75) is 45.8 Å². The van der Waals surface area contributed by atoms with Gasteiger partial charge >= 0.3 is 5.97 Å². The SMILES string of the molecule is CCC(C)SCC(=O)CC(=O)OCC(C)C. The number of rotatable bonds is 8. The lowest BCUT2D eigenvalue weighted by Crippen LogP contribution is -2.16. The summed E-state index contributed by atoms with van der Waals surface area (Å²) in [5, 5.41) is 0.468. The lowest BCUT2D eigenvalue weighted by atomic mass is 10.2. The first-order chi connectivity index (χ1) is 7.45. The number of ether oxygens (including phenoxy) is 1. The van der Waals surface area contributed by atoms with Crippen LogP contribution in [0.15, 0.2) is 0 Å². The maximum atomic E-state index is 11.4. The predicted octanol–water partition coefficient (Wildman–Crippen LogP) is 2.68. The Morgan fingerprint density at radius 2 is 1.88 bits per heavy atom. The lowest BCUT2D eigenvalue weighted by Gasteiger charge is -2.08. The summed E-state index contributed by atoms with van der Waals surface area (Å²) in [6.07, 6.45) is 0.950. The maximum absolute atomic E-state index is 11.4. The van der Waals surface area contributed by atoms with E-state index in [4.69, 9.17) is 4.74 Å². The fraction of sp³-hybridized carbons (Fsp3) is 0.833. The van der Waals surface area contributed by atoms with E-state index < -0.39 is 5.97 Å². The van der Waals surface area contributed by atoms with Gasteiger partial charge < -0.3 is 4.74 Å². The van der Waals surface area contributed by atoms with Gasteiger partial charge in [0.1, 0.15) is 6.42 Å². The molecule has 1 atom stereocenters. The minimum absolute atomic E-state index is 0.0425. The Balaban J connectivity index is 3.66. The summed E-state index contributed by atoms with van der Waals surface area (Å²) in [5.41, 5.74) is 0. The molecular formula is C12H22O3S. The Hall–Kier alpha value is -0.510. The van der Waals surface area contributed by atoms with Crippen LogP contribution in [0.1, 0.15) is 40.5 Å². The maximum Gasteiger partial charge on any atom is 0.313 e. The van der Waals surface area contributed by atoms with E-state index in [9.17, 15) is 9.59 Å². The average Bonchev–Trinajstić information content (AvgIpc) is 2.23. The van der Waals surface area contributed by atoms with E-state index in [1.165, 1.54) is 0 Å². The number of carbonyl (C=O) groups excluding carboxylic acids is 2. The molecule has 0 saturated heterocycles. The molecule has 0 heterocycles. The molecule has 16 heavy (non-hydrogen) atoms. The summed E-state index contributed by atoms with van der Waals surface area (Å²) < 4.78 is 4.94. The van der Waals surface area contributed by atoms with Crippen molar-refractivity contribution in [3.63, 3.8) is 0 Å². The van der Waals surface area contributed by atoms with E-state index in [-0.39, 0.29) is 12.2 Å². The van der Waals surface area contributed by atoms with Crippen molar-refractivity contribution < 1.29 is 14.3 Å². The summed E-state index contributed by atoms with van der Waals surface area (Å²) in [6, 6.07) is 0. The van der Waals surface area contributed by atoms with Crippen molar-refractivity contribution in [3.05, 3.63) is 0 Å². The van der Waals surface area contributed by atoms with Crippen molar-refractivity contribution in [2.24, 2.45) is 5.92 Å². The van der Waals surface area contributed by atoms with E-state index >= 15 is 0 Å². The summed E-state index contributed by atoms with van der Waals surface area (Å²) >= 11 is 1.59. The van der Waals surface area contributed by atoms with Crippen LogP contribution in [-0.4, -0.2) is 29.4 Å². The van der Waals surface area contributed by atoms with E-state index in [2.05, 4.69) is 13.8 Å². The molecule has 0 aliphatic rings. The number of carbonyl (C=O) groups is 2. The topological polar surface area (TPSA) is 43.4 Å². The molecule has 0 spiro atoms. The molecule has 0 aromatic heterocycles. The van der Waals surface area contributed by atoms with E-state index in [0.717, 1.165) is 6.42 Å². The fourth-order valence-corrected chi connectivity index (χ4v) is 1.68. The average molecular weight is 246 g/mol. The second kappa shape index (κ2) is 8.62. The molecule has 0 bridgehead atoms. The summed E-state index contributed by atoms with van der Waals surface area (Å²) in [4.78, 5) is 22.6. The smallest absolute Gasteiger partial charge is 0.313 e. The minimum atomic E-state index is -0.400. The van der Waals surface area contributed by atoms with Crippen molar-refractivity contribution >= 4 is 23.5 Å². The Kier molecular flexibility index (Phi) is 8.35.